The van der Waals surface area contributed by atoms with Crippen molar-refractivity contribution in [2.24, 2.45) is 5.92 Å². The first-order valence-corrected chi connectivity index (χ1v) is 6.45. The molecule has 0 bridgehead atoms. The number of alkyl halides is 3. The Kier molecular flexibility index (Phi) is 4.04. The third-order valence-corrected chi connectivity index (χ3v) is 3.47. The molecule has 1 N–H and O–H groups in total. The Labute approximate surface area is 111 Å². The van der Waals surface area contributed by atoms with Crippen LogP contribution in [0.15, 0.2) is 24.3 Å². The summed E-state index contributed by atoms with van der Waals surface area (Å²) in [7, 11) is 0. The van der Waals surface area contributed by atoms with Crippen molar-refractivity contribution in [3.63, 3.8) is 0 Å². The highest BCUT2D eigenvalue weighted by atomic mass is 19.4. The lowest BCUT2D eigenvalue weighted by atomic mass is 9.81. The first-order valence-electron chi connectivity index (χ1n) is 6.45. The van der Waals surface area contributed by atoms with Gasteiger partial charge in [-0.2, -0.15) is 0 Å². The standard InChI is InChI=1S/C14H18F3NO/c1-9-7-12(8-9)18-10(2)11-3-5-13(6-4-11)19-14(15,16)17/h3-6,9-10,12,18H,7-8H2,1-2H3. The Morgan fingerprint density at radius 3 is 2.26 bits per heavy atom. The van der Waals surface area contributed by atoms with Crippen LogP contribution in [-0.2, 0) is 0 Å². The van der Waals surface area contributed by atoms with Crippen LogP contribution < -0.4 is 10.1 Å². The molecular weight excluding hydrogens is 255 g/mol. The minimum atomic E-state index is -4.63. The highest BCUT2D eigenvalue weighted by Gasteiger charge is 2.31. The Morgan fingerprint density at radius 1 is 1.21 bits per heavy atom. The minimum absolute atomic E-state index is 0.137. The fraction of sp³-hybridized carbons (Fsp3) is 0.571. The van der Waals surface area contributed by atoms with E-state index < -0.39 is 6.36 Å². The molecule has 1 aliphatic rings. The number of halogens is 3. The molecule has 1 fully saturated rings. The van der Waals surface area contributed by atoms with Gasteiger partial charge in [-0.25, -0.2) is 0 Å². The number of ether oxygens (including phenoxy) is 1. The van der Waals surface area contributed by atoms with Gasteiger partial charge in [0.25, 0.3) is 0 Å². The monoisotopic (exact) mass is 273 g/mol. The number of rotatable bonds is 4. The van der Waals surface area contributed by atoms with Crippen LogP contribution in [0.1, 0.15) is 38.3 Å². The smallest absolute Gasteiger partial charge is 0.406 e. The second-order valence-corrected chi connectivity index (χ2v) is 5.28. The maximum Gasteiger partial charge on any atom is 0.573 e. The van der Waals surface area contributed by atoms with Gasteiger partial charge in [-0.1, -0.05) is 19.1 Å². The zero-order valence-electron chi connectivity index (χ0n) is 11.0. The summed E-state index contributed by atoms with van der Waals surface area (Å²) in [5, 5.41) is 3.47. The summed E-state index contributed by atoms with van der Waals surface area (Å²) >= 11 is 0. The van der Waals surface area contributed by atoms with Crippen molar-refractivity contribution in [1.82, 2.24) is 5.32 Å². The van der Waals surface area contributed by atoms with Crippen LogP contribution in [-0.4, -0.2) is 12.4 Å². The molecule has 0 saturated heterocycles. The van der Waals surface area contributed by atoms with Crippen LogP contribution in [0.5, 0.6) is 5.75 Å². The van der Waals surface area contributed by atoms with Crippen molar-refractivity contribution in [3.05, 3.63) is 29.8 Å². The van der Waals surface area contributed by atoms with E-state index in [2.05, 4.69) is 17.0 Å². The molecule has 106 valence electrons. The van der Waals surface area contributed by atoms with Crippen LogP contribution in [0, 0.1) is 5.92 Å². The highest BCUT2D eigenvalue weighted by molar-refractivity contribution is 5.29. The van der Waals surface area contributed by atoms with E-state index in [1.165, 1.54) is 25.0 Å². The molecule has 5 heteroatoms. The summed E-state index contributed by atoms with van der Waals surface area (Å²) < 4.78 is 39.9. The average molecular weight is 273 g/mol. The van der Waals surface area contributed by atoms with Crippen LogP contribution in [0.25, 0.3) is 0 Å². The normalized spacial score (nSPS) is 24.7. The highest BCUT2D eigenvalue weighted by Crippen LogP contribution is 2.29. The quantitative estimate of drug-likeness (QED) is 0.894. The molecule has 0 radical (unpaired) electrons. The SMILES string of the molecule is CC1CC(NC(C)c2ccc(OC(F)(F)F)cc2)C1. The van der Waals surface area contributed by atoms with Crippen molar-refractivity contribution >= 4 is 0 Å². The van der Waals surface area contributed by atoms with Crippen LogP contribution in [0.3, 0.4) is 0 Å². The van der Waals surface area contributed by atoms with Crippen molar-refractivity contribution in [3.8, 4) is 5.75 Å². The molecule has 1 aromatic rings. The van der Waals surface area contributed by atoms with Gasteiger partial charge in [-0.05, 0) is 43.4 Å². The molecule has 2 rings (SSSR count). The van der Waals surface area contributed by atoms with Crippen LogP contribution >= 0.6 is 0 Å². The summed E-state index contributed by atoms with van der Waals surface area (Å²) in [4.78, 5) is 0. The van der Waals surface area contributed by atoms with E-state index in [1.54, 1.807) is 12.1 Å². The second kappa shape index (κ2) is 5.41. The fourth-order valence-electron chi connectivity index (χ4n) is 2.45. The van der Waals surface area contributed by atoms with Gasteiger partial charge in [0.1, 0.15) is 5.75 Å². The lowest BCUT2D eigenvalue weighted by Crippen LogP contribution is -2.41. The maximum absolute atomic E-state index is 12.0. The molecular formula is C14H18F3NO. The number of hydrogen-bond acceptors (Lipinski definition) is 2. The third-order valence-electron chi connectivity index (χ3n) is 3.47. The van der Waals surface area contributed by atoms with E-state index >= 15 is 0 Å². The van der Waals surface area contributed by atoms with E-state index in [0.29, 0.717) is 6.04 Å². The minimum Gasteiger partial charge on any atom is -0.406 e. The number of benzene rings is 1. The van der Waals surface area contributed by atoms with Gasteiger partial charge < -0.3 is 10.1 Å². The van der Waals surface area contributed by atoms with Gasteiger partial charge >= 0.3 is 6.36 Å². The van der Waals surface area contributed by atoms with Gasteiger partial charge in [0.2, 0.25) is 0 Å². The van der Waals surface area contributed by atoms with E-state index in [9.17, 15) is 13.2 Å². The summed E-state index contributed by atoms with van der Waals surface area (Å²) in [6.45, 7) is 4.23. The Morgan fingerprint density at radius 2 is 1.79 bits per heavy atom. The van der Waals surface area contributed by atoms with Gasteiger partial charge in [0.15, 0.2) is 0 Å². The zero-order chi connectivity index (χ0) is 14.0. The molecule has 1 saturated carbocycles. The summed E-state index contributed by atoms with van der Waals surface area (Å²) in [6.07, 6.45) is -2.30. The van der Waals surface area contributed by atoms with Crippen molar-refractivity contribution in [2.45, 2.75) is 45.1 Å². The average Bonchev–Trinajstić information content (AvgIpc) is 2.25. The molecule has 0 heterocycles. The predicted octanol–water partition coefficient (Wildman–Crippen LogP) is 4.03. The molecule has 2 nitrogen and oxygen atoms in total. The molecule has 0 aliphatic heterocycles. The first kappa shape index (κ1) is 14.2. The fourth-order valence-corrected chi connectivity index (χ4v) is 2.45. The largest absolute Gasteiger partial charge is 0.573 e. The molecule has 0 aromatic heterocycles. The molecule has 1 atom stereocenters. The Bertz CT molecular complexity index is 410. The molecule has 1 aliphatic carbocycles. The molecule has 0 spiro atoms. The second-order valence-electron chi connectivity index (χ2n) is 5.28. The Hall–Kier alpha value is -1.23. The lowest BCUT2D eigenvalue weighted by Gasteiger charge is -2.35. The van der Waals surface area contributed by atoms with Gasteiger partial charge in [-0.3, -0.25) is 0 Å². The number of hydrogen-bond donors (Lipinski definition) is 1. The number of nitrogens with one attached hydrogen (secondary N) is 1. The summed E-state index contributed by atoms with van der Waals surface area (Å²) in [6, 6.07) is 6.70. The van der Waals surface area contributed by atoms with E-state index in [0.717, 1.165) is 11.5 Å². The topological polar surface area (TPSA) is 21.3 Å². The van der Waals surface area contributed by atoms with E-state index in [4.69, 9.17) is 0 Å². The zero-order valence-corrected chi connectivity index (χ0v) is 11.0. The van der Waals surface area contributed by atoms with Gasteiger partial charge in [0.05, 0.1) is 0 Å². The molecule has 1 unspecified atom stereocenters. The maximum atomic E-state index is 12.0. The van der Waals surface area contributed by atoms with Crippen LogP contribution in [0.2, 0.25) is 0 Å². The Balaban J connectivity index is 1.90. The summed E-state index contributed by atoms with van der Waals surface area (Å²) in [5.41, 5.74) is 0.967. The first-order chi connectivity index (χ1) is 8.83. The van der Waals surface area contributed by atoms with Gasteiger partial charge in [-0.15, -0.1) is 13.2 Å². The van der Waals surface area contributed by atoms with Gasteiger partial charge in [0, 0.05) is 12.1 Å². The molecule has 19 heavy (non-hydrogen) atoms. The summed E-state index contributed by atoms with van der Waals surface area (Å²) in [5.74, 6) is 0.591. The van der Waals surface area contributed by atoms with E-state index in [1.807, 2.05) is 6.92 Å². The van der Waals surface area contributed by atoms with Crippen LogP contribution in [0.4, 0.5) is 13.2 Å². The molecule has 0 amide bonds. The molecule has 1 aromatic carbocycles. The third kappa shape index (κ3) is 4.13. The predicted molar refractivity (Wildman–Crippen MR) is 66.9 cm³/mol. The van der Waals surface area contributed by atoms with Crippen molar-refractivity contribution in [2.75, 3.05) is 0 Å². The lowest BCUT2D eigenvalue weighted by molar-refractivity contribution is -0.274. The van der Waals surface area contributed by atoms with Crippen molar-refractivity contribution in [1.29, 1.82) is 0 Å². The van der Waals surface area contributed by atoms with E-state index in [-0.39, 0.29) is 11.8 Å². The van der Waals surface area contributed by atoms with Crippen molar-refractivity contribution < 1.29 is 17.9 Å².